The third-order valence-electron chi connectivity index (χ3n) is 17.2. The van der Waals surface area contributed by atoms with Gasteiger partial charge < -0.3 is 34.0 Å². The second-order valence-corrected chi connectivity index (χ2v) is 23.5. The second kappa shape index (κ2) is 22.3. The number of fused-ring (bicyclic) bond motifs is 3. The molecular weight excluding hydrogens is 929 g/mol. The minimum atomic E-state index is -3.23. The Hall–Kier alpha value is -5.51. The van der Waals surface area contributed by atoms with E-state index >= 15 is 0 Å². The van der Waals surface area contributed by atoms with Crippen LogP contribution in [0.2, 0.25) is 0 Å². The number of likely N-dealkylation sites (tertiary alicyclic amines) is 1. The van der Waals surface area contributed by atoms with E-state index in [9.17, 15) is 27.6 Å². The van der Waals surface area contributed by atoms with E-state index in [1.807, 2.05) is 39.0 Å². The van der Waals surface area contributed by atoms with Crippen LogP contribution in [0.3, 0.4) is 0 Å². The van der Waals surface area contributed by atoms with E-state index in [1.54, 1.807) is 36.1 Å². The zero-order chi connectivity index (χ0) is 51.4. The zero-order valence-electron chi connectivity index (χ0n) is 42.7. The number of benzene rings is 2. The number of ether oxygens (including phenoxy) is 2. The van der Waals surface area contributed by atoms with Crippen LogP contribution in [0.25, 0.3) is 0 Å². The van der Waals surface area contributed by atoms with Gasteiger partial charge in [0.05, 0.1) is 36.4 Å². The molecule has 2 aromatic rings. The van der Waals surface area contributed by atoms with Crippen molar-refractivity contribution in [1.82, 2.24) is 19.6 Å². The summed E-state index contributed by atoms with van der Waals surface area (Å²) in [7, 11) is -3.23. The van der Waals surface area contributed by atoms with Gasteiger partial charge in [-0.05, 0) is 148 Å². The molecule has 12 rings (SSSR count). The highest BCUT2D eigenvalue weighted by Crippen LogP contribution is 2.58. The lowest BCUT2D eigenvalue weighted by atomic mass is 9.52. The third-order valence-corrected chi connectivity index (χ3v) is 18.3. The van der Waals surface area contributed by atoms with Crippen LogP contribution in [0.4, 0.5) is 11.4 Å². The van der Waals surface area contributed by atoms with Gasteiger partial charge >= 0.3 is 0 Å². The number of hydrogen-bond donors (Lipinski definition) is 0. The molecule has 5 saturated carbocycles. The average molecular weight is 1010 g/mol. The quantitative estimate of drug-likeness (QED) is 0.143. The molecule has 9 fully saturated rings. The first-order chi connectivity index (χ1) is 34.5. The van der Waals surface area contributed by atoms with E-state index in [0.717, 1.165) is 93.7 Å². The molecule has 1 spiro atoms. The van der Waals surface area contributed by atoms with Crippen molar-refractivity contribution >= 4 is 44.7 Å². The summed E-state index contributed by atoms with van der Waals surface area (Å²) in [5.74, 6) is 4.54. The van der Waals surface area contributed by atoms with Crippen molar-refractivity contribution in [3.05, 3.63) is 111 Å². The summed E-state index contributed by atoms with van der Waals surface area (Å²) in [5, 5.41) is 0. The number of hydrogen-bond acceptors (Lipinski definition) is 11. The SMILES string of the molecule is C=CC(=C)N1CCOc2ccc(S(C)(=O)=O)cc21.C=CC(=O)N1CC2(CCC2)C2COCC21.C=CC(=O)N1CCN(C23CC4CC(CC(C4)C2)C3)CC1.C=CC(=O)N1CCN(c2ccc(C(C)=O)cc2)CC1. The van der Waals surface area contributed by atoms with Crippen LogP contribution in [0.1, 0.15) is 75.1 Å². The molecule has 15 heteroatoms. The smallest absolute Gasteiger partial charge is 0.246 e. The van der Waals surface area contributed by atoms with E-state index in [4.69, 9.17) is 9.47 Å². The molecule has 3 amide bonds. The first-order valence-electron chi connectivity index (χ1n) is 26.0. The molecule has 10 aliphatic rings. The lowest BCUT2D eigenvalue weighted by Gasteiger charge is -2.61. The Balaban J connectivity index is 0.000000129. The fourth-order valence-corrected chi connectivity index (χ4v) is 14.2. The molecule has 2 unspecified atom stereocenters. The van der Waals surface area contributed by atoms with Crippen LogP contribution >= 0.6 is 0 Å². The molecule has 0 N–H and O–H groups in total. The van der Waals surface area contributed by atoms with E-state index in [1.165, 1.54) is 82.3 Å². The highest BCUT2D eigenvalue weighted by molar-refractivity contribution is 7.90. The average Bonchev–Trinajstić information content (AvgIpc) is 4.00. The van der Waals surface area contributed by atoms with E-state index < -0.39 is 9.84 Å². The normalized spacial score (nSPS) is 27.4. The van der Waals surface area contributed by atoms with Crippen molar-refractivity contribution in [3.8, 4) is 5.75 Å². The van der Waals surface area contributed by atoms with Crippen LogP contribution in [0.15, 0.2) is 110 Å². The Morgan fingerprint density at radius 1 is 0.708 bits per heavy atom. The predicted molar refractivity (Wildman–Crippen MR) is 283 cm³/mol. The van der Waals surface area contributed by atoms with Crippen LogP contribution < -0.4 is 14.5 Å². The van der Waals surface area contributed by atoms with E-state index in [-0.39, 0.29) is 28.4 Å². The van der Waals surface area contributed by atoms with Crippen LogP contribution in [-0.2, 0) is 29.0 Å². The second-order valence-electron chi connectivity index (χ2n) is 21.5. The van der Waals surface area contributed by atoms with Gasteiger partial charge in [-0.3, -0.25) is 24.1 Å². The Bertz CT molecular complexity index is 2470. The van der Waals surface area contributed by atoms with Crippen LogP contribution in [0.5, 0.6) is 5.75 Å². The molecular formula is C57H76N6O8S. The summed E-state index contributed by atoms with van der Waals surface area (Å²) in [4.78, 5) is 59.0. The molecule has 5 heterocycles. The summed E-state index contributed by atoms with van der Waals surface area (Å²) in [6, 6.07) is 12.8. The lowest BCUT2D eigenvalue weighted by molar-refractivity contribution is -0.133. The number of sulfone groups is 1. The largest absolute Gasteiger partial charge is 0.490 e. The van der Waals surface area contributed by atoms with Gasteiger partial charge in [0, 0.05) is 93.6 Å². The Morgan fingerprint density at radius 2 is 1.28 bits per heavy atom. The number of amides is 3. The number of piperazine rings is 2. The van der Waals surface area contributed by atoms with Crippen LogP contribution in [-0.4, -0.2) is 155 Å². The van der Waals surface area contributed by atoms with Gasteiger partial charge in [-0.25, -0.2) is 8.42 Å². The van der Waals surface area contributed by atoms with Crippen molar-refractivity contribution in [2.24, 2.45) is 29.1 Å². The molecule has 0 radical (unpaired) electrons. The molecule has 0 aromatic heterocycles. The fraction of sp³-hybridized carbons (Fsp3) is 0.544. The number of rotatable bonds is 9. The Labute approximate surface area is 427 Å². The van der Waals surface area contributed by atoms with Crippen molar-refractivity contribution in [2.75, 3.05) is 101 Å². The Kier molecular flexibility index (Phi) is 16.4. The van der Waals surface area contributed by atoms with Gasteiger partial charge in [-0.1, -0.05) is 39.3 Å². The summed E-state index contributed by atoms with van der Waals surface area (Å²) in [6.07, 6.45) is 19.8. The van der Waals surface area contributed by atoms with Gasteiger partial charge in [-0.15, -0.1) is 0 Å². The molecule has 5 aliphatic heterocycles. The minimum Gasteiger partial charge on any atom is -0.490 e. The molecule has 14 nitrogen and oxygen atoms in total. The van der Waals surface area contributed by atoms with Crippen molar-refractivity contribution in [1.29, 1.82) is 0 Å². The highest BCUT2D eigenvalue weighted by atomic mass is 32.2. The maximum absolute atomic E-state index is 11.7. The molecule has 2 aromatic carbocycles. The van der Waals surface area contributed by atoms with E-state index in [0.29, 0.717) is 60.6 Å². The Morgan fingerprint density at radius 3 is 1.78 bits per heavy atom. The first-order valence-corrected chi connectivity index (χ1v) is 27.9. The topological polar surface area (TPSA) is 140 Å². The predicted octanol–water partition coefficient (Wildman–Crippen LogP) is 7.20. The fourth-order valence-electron chi connectivity index (χ4n) is 13.6. The number of carbonyl (C=O) groups is 4. The van der Waals surface area contributed by atoms with Crippen molar-refractivity contribution in [3.63, 3.8) is 0 Å². The minimum absolute atomic E-state index is 0.00780. The molecule has 5 aliphatic carbocycles. The van der Waals surface area contributed by atoms with Gasteiger partial charge in [-0.2, -0.15) is 0 Å². The molecule has 2 atom stereocenters. The van der Waals surface area contributed by atoms with E-state index in [2.05, 4.69) is 42.7 Å². The summed E-state index contributed by atoms with van der Waals surface area (Å²) < 4.78 is 34.2. The number of Topliss-reactive ketones (excluding diaryl/α,β-unsaturated/α-hetero) is 1. The van der Waals surface area contributed by atoms with Gasteiger partial charge in [0.1, 0.15) is 12.4 Å². The number of ketones is 1. The maximum Gasteiger partial charge on any atom is 0.246 e. The number of allylic oxidation sites excluding steroid dienone is 1. The molecule has 72 heavy (non-hydrogen) atoms. The summed E-state index contributed by atoms with van der Waals surface area (Å²) >= 11 is 0. The molecule has 4 bridgehead atoms. The molecule has 4 saturated heterocycles. The maximum atomic E-state index is 11.7. The number of anilines is 2. The first kappa shape index (κ1) is 52.8. The monoisotopic (exact) mass is 1000 g/mol. The standard InChI is InChI=1S/C17H26N2O.C15H18N2O2.C13H15NO3S.C12H17NO2/c1-2-16(20)18-3-5-19(6-4-18)17-10-13-7-14(11-17)9-15(8-13)12-17;1-3-15(19)17-10-8-16(9-11-17)14-6-4-13(5-7-14)12(2)18;1-4-10(2)14-7-8-17-13-6-5-11(9-12(13)14)18(3,15)16;1-2-11(14)13-8-12(4-3-5-12)9-6-15-7-10(9)13/h2,13-15H,1,3-12H2;3-7H,1,8-11H2,2H3;4-6,9H,1-2,7-8H2,3H3;2,9-10H,1,3-8H2. The van der Waals surface area contributed by atoms with Crippen molar-refractivity contribution < 1.29 is 37.1 Å². The third kappa shape index (κ3) is 11.3. The van der Waals surface area contributed by atoms with Crippen molar-refractivity contribution in [2.45, 2.75) is 81.2 Å². The van der Waals surface area contributed by atoms with Gasteiger partial charge in [0.15, 0.2) is 15.6 Å². The summed E-state index contributed by atoms with van der Waals surface area (Å²) in [6.45, 7) is 30.5. The van der Waals surface area contributed by atoms with Crippen LogP contribution in [0, 0.1) is 29.1 Å². The zero-order valence-corrected chi connectivity index (χ0v) is 43.5. The van der Waals surface area contributed by atoms with Gasteiger partial charge in [0.2, 0.25) is 17.7 Å². The number of nitrogens with zero attached hydrogens (tertiary/aromatic N) is 6. The lowest BCUT2D eigenvalue weighted by Crippen LogP contribution is -2.64. The van der Waals surface area contributed by atoms with Gasteiger partial charge in [0.25, 0.3) is 0 Å². The summed E-state index contributed by atoms with van der Waals surface area (Å²) in [5.41, 5.74) is 4.18. The number of carbonyl (C=O) groups excluding carboxylic acids is 4. The molecule has 388 valence electrons. The highest BCUT2D eigenvalue weighted by Gasteiger charge is 2.58.